The first-order valence-electron chi connectivity index (χ1n) is 6.91. The molecule has 106 valence electrons. The Balaban J connectivity index is 2.03. The number of hydrogen-bond acceptors (Lipinski definition) is 4. The molecule has 0 saturated carbocycles. The summed E-state index contributed by atoms with van der Waals surface area (Å²) in [7, 11) is 0. The minimum atomic E-state index is 0.506. The minimum Gasteiger partial charge on any atom is -0.369 e. The van der Waals surface area contributed by atoms with Gasteiger partial charge in [0.25, 0.3) is 0 Å². The zero-order chi connectivity index (χ0) is 14.4. The molecule has 20 heavy (non-hydrogen) atoms. The van der Waals surface area contributed by atoms with Crippen molar-refractivity contribution in [3.05, 3.63) is 23.8 Å². The third kappa shape index (κ3) is 3.26. The predicted octanol–water partition coefficient (Wildman–Crippen LogP) is 3.41. The van der Waals surface area contributed by atoms with Gasteiger partial charge in [-0.25, -0.2) is 4.98 Å². The molecule has 2 rings (SSSR count). The average molecular weight is 288 g/mol. The van der Waals surface area contributed by atoms with E-state index in [4.69, 9.17) is 11.0 Å². The van der Waals surface area contributed by atoms with Crippen LogP contribution in [-0.2, 0) is 6.54 Å². The molecule has 0 fully saturated rings. The van der Waals surface area contributed by atoms with Crippen LogP contribution in [0.25, 0.3) is 11.0 Å². The maximum atomic E-state index is 9.09. The molecule has 0 atom stereocenters. The van der Waals surface area contributed by atoms with E-state index in [-0.39, 0.29) is 0 Å². The quantitative estimate of drug-likeness (QED) is 0.793. The molecule has 0 unspecified atom stereocenters. The number of aryl methyl sites for hydroxylation is 1. The fourth-order valence-electron chi connectivity index (χ4n) is 2.36. The number of nitrogens with zero attached hydrogens (tertiary/aromatic N) is 3. The highest BCUT2D eigenvalue weighted by Crippen LogP contribution is 2.21. The number of aromatic nitrogens is 2. The van der Waals surface area contributed by atoms with E-state index in [0.29, 0.717) is 11.5 Å². The molecule has 0 aliphatic rings. The number of nitrogens with two attached hydrogens (primary N) is 1. The Morgan fingerprint density at radius 2 is 2.10 bits per heavy atom. The number of nitrogen functional groups attached to an aromatic ring is 1. The van der Waals surface area contributed by atoms with Crippen LogP contribution in [-0.4, -0.2) is 21.6 Å². The van der Waals surface area contributed by atoms with Crippen LogP contribution in [0, 0.1) is 11.3 Å². The lowest BCUT2D eigenvalue weighted by Crippen LogP contribution is -2.03. The number of benzene rings is 1. The van der Waals surface area contributed by atoms with E-state index in [1.165, 1.54) is 25.0 Å². The molecule has 5 heteroatoms. The van der Waals surface area contributed by atoms with Gasteiger partial charge < -0.3 is 10.3 Å². The van der Waals surface area contributed by atoms with Crippen LogP contribution in [0.15, 0.2) is 18.2 Å². The molecule has 1 aromatic carbocycles. The van der Waals surface area contributed by atoms with Crippen LogP contribution in [0.2, 0.25) is 0 Å². The summed E-state index contributed by atoms with van der Waals surface area (Å²) in [6, 6.07) is 7.81. The monoisotopic (exact) mass is 288 g/mol. The van der Waals surface area contributed by atoms with Gasteiger partial charge in [-0.05, 0) is 37.0 Å². The van der Waals surface area contributed by atoms with Crippen LogP contribution in [0.3, 0.4) is 0 Å². The first-order chi connectivity index (χ1) is 9.77. The number of rotatable bonds is 7. The second-order valence-corrected chi connectivity index (χ2v) is 5.80. The average Bonchev–Trinajstić information content (AvgIpc) is 2.78. The zero-order valence-corrected chi connectivity index (χ0v) is 12.6. The van der Waals surface area contributed by atoms with Crippen LogP contribution < -0.4 is 5.73 Å². The Morgan fingerprint density at radius 3 is 2.85 bits per heavy atom. The summed E-state index contributed by atoms with van der Waals surface area (Å²) in [5, 5.41) is 9.09. The summed E-state index contributed by atoms with van der Waals surface area (Å²) in [6.45, 7) is 0.872. The molecule has 1 aromatic heterocycles. The van der Waals surface area contributed by atoms with E-state index in [0.717, 1.165) is 24.0 Å². The first-order valence-corrected chi connectivity index (χ1v) is 8.31. The summed E-state index contributed by atoms with van der Waals surface area (Å²) < 4.78 is 2.02. The maximum Gasteiger partial charge on any atom is 0.201 e. The fourth-order valence-corrected chi connectivity index (χ4v) is 2.85. The van der Waals surface area contributed by atoms with Crippen molar-refractivity contribution in [2.75, 3.05) is 17.7 Å². The molecule has 0 amide bonds. The summed E-state index contributed by atoms with van der Waals surface area (Å²) in [4.78, 5) is 4.33. The molecular weight excluding hydrogens is 268 g/mol. The Bertz CT molecular complexity index is 612. The van der Waals surface area contributed by atoms with Crippen molar-refractivity contribution in [2.45, 2.75) is 32.2 Å². The summed E-state index contributed by atoms with van der Waals surface area (Å²) in [5.41, 5.74) is 8.25. The van der Waals surface area contributed by atoms with Gasteiger partial charge in [-0.15, -0.1) is 0 Å². The van der Waals surface area contributed by atoms with Gasteiger partial charge in [-0.3, -0.25) is 0 Å². The van der Waals surface area contributed by atoms with Gasteiger partial charge in [0.15, 0.2) is 0 Å². The lowest BCUT2D eigenvalue weighted by molar-refractivity contribution is 0.597. The molecule has 0 radical (unpaired) electrons. The number of fused-ring (bicyclic) bond motifs is 1. The van der Waals surface area contributed by atoms with Crippen LogP contribution in [0.5, 0.6) is 0 Å². The Kier molecular flexibility index (Phi) is 5.31. The molecular formula is C15H20N4S. The van der Waals surface area contributed by atoms with Crippen molar-refractivity contribution in [3.8, 4) is 6.07 Å². The van der Waals surface area contributed by atoms with Crippen molar-refractivity contribution >= 4 is 28.7 Å². The van der Waals surface area contributed by atoms with Crippen molar-refractivity contribution in [3.63, 3.8) is 0 Å². The molecule has 0 aliphatic carbocycles. The smallest absolute Gasteiger partial charge is 0.201 e. The van der Waals surface area contributed by atoms with Crippen molar-refractivity contribution in [1.29, 1.82) is 5.26 Å². The molecule has 1 heterocycles. The molecule has 4 nitrogen and oxygen atoms in total. The summed E-state index contributed by atoms with van der Waals surface area (Å²) in [6.07, 6.45) is 6.99. The van der Waals surface area contributed by atoms with Crippen LogP contribution >= 0.6 is 11.8 Å². The van der Waals surface area contributed by atoms with Crippen LogP contribution in [0.4, 0.5) is 5.95 Å². The third-order valence-corrected chi connectivity index (χ3v) is 4.11. The van der Waals surface area contributed by atoms with Gasteiger partial charge in [0.2, 0.25) is 5.95 Å². The first kappa shape index (κ1) is 14.7. The molecule has 2 aromatic rings. The van der Waals surface area contributed by atoms with E-state index < -0.39 is 0 Å². The van der Waals surface area contributed by atoms with Gasteiger partial charge >= 0.3 is 0 Å². The van der Waals surface area contributed by atoms with Crippen molar-refractivity contribution in [1.82, 2.24) is 9.55 Å². The lowest BCUT2D eigenvalue weighted by atomic mass is 10.2. The number of anilines is 1. The summed E-state index contributed by atoms with van der Waals surface area (Å²) in [5.74, 6) is 1.74. The van der Waals surface area contributed by atoms with Crippen molar-refractivity contribution in [2.24, 2.45) is 0 Å². The Labute approximate surface area is 124 Å². The van der Waals surface area contributed by atoms with Gasteiger partial charge in [0.1, 0.15) is 11.6 Å². The zero-order valence-electron chi connectivity index (χ0n) is 11.8. The van der Waals surface area contributed by atoms with Gasteiger partial charge in [0.05, 0.1) is 11.1 Å². The number of para-hydroxylation sites is 1. The van der Waals surface area contributed by atoms with E-state index in [1.807, 2.05) is 28.5 Å². The van der Waals surface area contributed by atoms with E-state index >= 15 is 0 Å². The van der Waals surface area contributed by atoms with E-state index in [9.17, 15) is 0 Å². The maximum absolute atomic E-state index is 9.09. The molecule has 0 saturated heterocycles. The highest BCUT2D eigenvalue weighted by Gasteiger charge is 2.10. The predicted molar refractivity (Wildman–Crippen MR) is 85.7 cm³/mol. The second-order valence-electron chi connectivity index (χ2n) is 4.81. The number of imidazole rings is 1. The standard InChI is InChI=1S/C15H20N4S/c1-20-10-5-3-2-4-9-19-13-8-6-7-12(11-16)14(13)18-15(19)17/h6-8H,2-5,9-10H2,1H3,(H2,17,18). The summed E-state index contributed by atoms with van der Waals surface area (Å²) >= 11 is 1.90. The Morgan fingerprint density at radius 1 is 1.30 bits per heavy atom. The lowest BCUT2D eigenvalue weighted by Gasteiger charge is -2.06. The van der Waals surface area contributed by atoms with Gasteiger partial charge in [-0.1, -0.05) is 18.9 Å². The second kappa shape index (κ2) is 7.20. The minimum absolute atomic E-state index is 0.506. The fraction of sp³-hybridized carbons (Fsp3) is 0.467. The molecule has 0 aliphatic heterocycles. The Hall–Kier alpha value is -1.67. The van der Waals surface area contributed by atoms with Gasteiger partial charge in [-0.2, -0.15) is 17.0 Å². The number of unbranched alkanes of at least 4 members (excludes halogenated alkanes) is 3. The number of hydrogen-bond donors (Lipinski definition) is 1. The van der Waals surface area contributed by atoms with E-state index in [2.05, 4.69) is 17.3 Å². The number of nitriles is 1. The van der Waals surface area contributed by atoms with Crippen molar-refractivity contribution < 1.29 is 0 Å². The third-order valence-electron chi connectivity index (χ3n) is 3.41. The van der Waals surface area contributed by atoms with E-state index in [1.54, 1.807) is 6.07 Å². The number of thioether (sulfide) groups is 1. The highest BCUT2D eigenvalue weighted by molar-refractivity contribution is 7.98. The topological polar surface area (TPSA) is 67.6 Å². The highest BCUT2D eigenvalue weighted by atomic mass is 32.2. The largest absolute Gasteiger partial charge is 0.369 e. The van der Waals surface area contributed by atoms with Crippen LogP contribution in [0.1, 0.15) is 31.2 Å². The molecule has 0 spiro atoms. The van der Waals surface area contributed by atoms with Gasteiger partial charge in [0, 0.05) is 6.54 Å². The molecule has 0 bridgehead atoms. The molecule has 2 N–H and O–H groups in total. The SMILES string of the molecule is CSCCCCCCn1c(N)nc2c(C#N)cccc21. The normalized spacial score (nSPS) is 10.8.